The van der Waals surface area contributed by atoms with Crippen LogP contribution in [0.25, 0.3) is 0 Å². The van der Waals surface area contributed by atoms with Crippen molar-refractivity contribution < 1.29 is 24.2 Å². The van der Waals surface area contributed by atoms with Crippen LogP contribution < -0.4 is 4.74 Å². The van der Waals surface area contributed by atoms with Gasteiger partial charge in [-0.2, -0.15) is 0 Å². The van der Waals surface area contributed by atoms with E-state index < -0.39 is 6.10 Å². The Labute approximate surface area is 183 Å². The van der Waals surface area contributed by atoms with E-state index in [1.807, 2.05) is 36.4 Å². The van der Waals surface area contributed by atoms with Gasteiger partial charge in [0.15, 0.2) is 0 Å². The van der Waals surface area contributed by atoms with E-state index in [1.54, 1.807) is 30.1 Å². The average molecular weight is 427 g/mol. The molecule has 2 aromatic carbocycles. The molecule has 0 aliphatic carbocycles. The number of carbonyl (C=O) groups is 2. The second-order valence-corrected chi connectivity index (χ2v) is 7.74. The summed E-state index contributed by atoms with van der Waals surface area (Å²) < 4.78 is 11.1. The number of piperidine rings is 1. The molecule has 1 heterocycles. The molecule has 0 radical (unpaired) electrons. The maximum atomic E-state index is 13.1. The molecule has 2 aromatic rings. The Bertz CT molecular complexity index is 865. The fourth-order valence-electron chi connectivity index (χ4n) is 3.69. The van der Waals surface area contributed by atoms with Gasteiger partial charge in [-0.3, -0.25) is 9.59 Å². The molecule has 31 heavy (non-hydrogen) atoms. The van der Waals surface area contributed by atoms with E-state index in [0.717, 1.165) is 5.56 Å². The van der Waals surface area contributed by atoms with Crippen LogP contribution in [0.3, 0.4) is 0 Å². The molecule has 1 N–H and O–H groups in total. The Morgan fingerprint density at radius 3 is 2.42 bits per heavy atom. The van der Waals surface area contributed by atoms with Crippen LogP contribution in [0.4, 0.5) is 0 Å². The molecule has 1 saturated heterocycles. The van der Waals surface area contributed by atoms with Crippen molar-refractivity contribution in [2.75, 3.05) is 40.4 Å². The number of likely N-dealkylation sites (N-methyl/N-ethyl adjacent to an activating group) is 1. The summed E-state index contributed by atoms with van der Waals surface area (Å²) in [5, 5.41) is 10.5. The van der Waals surface area contributed by atoms with E-state index in [2.05, 4.69) is 0 Å². The summed E-state index contributed by atoms with van der Waals surface area (Å²) in [6.07, 6.45) is 0.555. The molecular formula is C24H30N2O5. The summed E-state index contributed by atoms with van der Waals surface area (Å²) in [7, 11) is 3.18. The number of carbonyl (C=O) groups excluding carboxylic acids is 2. The molecule has 1 aliphatic rings. The first kappa shape index (κ1) is 22.8. The highest BCUT2D eigenvalue weighted by molar-refractivity contribution is 5.96. The molecular weight excluding hydrogens is 396 g/mol. The number of benzene rings is 2. The number of aliphatic hydroxyl groups is 1. The monoisotopic (exact) mass is 426 g/mol. The molecule has 3 rings (SSSR count). The largest absolute Gasteiger partial charge is 0.489 e. The minimum absolute atomic E-state index is 0.0184. The molecule has 0 bridgehead atoms. The van der Waals surface area contributed by atoms with Crippen molar-refractivity contribution in [3.63, 3.8) is 0 Å². The molecule has 0 aromatic heterocycles. The van der Waals surface area contributed by atoms with E-state index in [4.69, 9.17) is 9.47 Å². The van der Waals surface area contributed by atoms with Gasteiger partial charge in [-0.15, -0.1) is 0 Å². The lowest BCUT2D eigenvalue weighted by molar-refractivity contribution is -0.136. The SMILES string of the molecule is COCC(=O)N1CCC(Oc2ccccc2C(=O)N(C)C[C@H](O)c2ccccc2)CC1. The molecule has 1 aliphatic heterocycles. The molecule has 7 nitrogen and oxygen atoms in total. The van der Waals surface area contributed by atoms with Crippen molar-refractivity contribution in [2.24, 2.45) is 0 Å². The lowest BCUT2D eigenvalue weighted by Gasteiger charge is -2.32. The van der Waals surface area contributed by atoms with E-state index in [0.29, 0.717) is 37.2 Å². The van der Waals surface area contributed by atoms with Crippen LogP contribution in [0.1, 0.15) is 34.9 Å². The van der Waals surface area contributed by atoms with E-state index in [-0.39, 0.29) is 31.1 Å². The highest BCUT2D eigenvalue weighted by Gasteiger charge is 2.26. The third-order valence-electron chi connectivity index (χ3n) is 5.45. The first-order valence-electron chi connectivity index (χ1n) is 10.5. The summed E-state index contributed by atoms with van der Waals surface area (Å²) in [6, 6.07) is 16.4. The number of para-hydroxylation sites is 1. The Morgan fingerprint density at radius 2 is 1.74 bits per heavy atom. The maximum absolute atomic E-state index is 13.1. The Balaban J connectivity index is 1.61. The van der Waals surface area contributed by atoms with Crippen LogP contribution in [0.15, 0.2) is 54.6 Å². The molecule has 2 amide bonds. The summed E-state index contributed by atoms with van der Waals surface area (Å²) in [4.78, 5) is 28.3. The zero-order valence-electron chi connectivity index (χ0n) is 18.1. The molecule has 7 heteroatoms. The summed E-state index contributed by atoms with van der Waals surface area (Å²) in [5.74, 6) is 0.295. The number of methoxy groups -OCH3 is 1. The van der Waals surface area contributed by atoms with Gasteiger partial charge >= 0.3 is 0 Å². The number of hydrogen-bond donors (Lipinski definition) is 1. The first-order chi connectivity index (χ1) is 15.0. The number of ether oxygens (including phenoxy) is 2. The highest BCUT2D eigenvalue weighted by Crippen LogP contribution is 2.25. The predicted molar refractivity (Wildman–Crippen MR) is 117 cm³/mol. The Hall–Kier alpha value is -2.90. The topological polar surface area (TPSA) is 79.3 Å². The number of aliphatic hydroxyl groups excluding tert-OH is 1. The lowest BCUT2D eigenvalue weighted by Crippen LogP contribution is -2.43. The van der Waals surface area contributed by atoms with Gasteiger partial charge < -0.3 is 24.4 Å². The normalized spacial score (nSPS) is 15.4. The van der Waals surface area contributed by atoms with Crippen molar-refractivity contribution in [1.82, 2.24) is 9.80 Å². The molecule has 0 spiro atoms. The fraction of sp³-hybridized carbons (Fsp3) is 0.417. The average Bonchev–Trinajstić information content (AvgIpc) is 2.80. The van der Waals surface area contributed by atoms with Crippen LogP contribution in [0.5, 0.6) is 5.75 Å². The van der Waals surface area contributed by atoms with Crippen LogP contribution in [-0.2, 0) is 9.53 Å². The van der Waals surface area contributed by atoms with Crippen molar-refractivity contribution in [1.29, 1.82) is 0 Å². The first-order valence-corrected chi connectivity index (χ1v) is 10.5. The van der Waals surface area contributed by atoms with E-state index in [9.17, 15) is 14.7 Å². The van der Waals surface area contributed by atoms with Crippen LogP contribution in [0.2, 0.25) is 0 Å². The number of amides is 2. The summed E-state index contributed by atoms with van der Waals surface area (Å²) >= 11 is 0. The molecule has 0 unspecified atom stereocenters. The minimum atomic E-state index is -0.766. The predicted octanol–water partition coefficient (Wildman–Crippen LogP) is 2.51. The highest BCUT2D eigenvalue weighted by atomic mass is 16.5. The van der Waals surface area contributed by atoms with Gasteiger partial charge in [0.2, 0.25) is 5.91 Å². The van der Waals surface area contributed by atoms with Gasteiger partial charge in [0, 0.05) is 40.1 Å². The second-order valence-electron chi connectivity index (χ2n) is 7.74. The van der Waals surface area contributed by atoms with Gasteiger partial charge in [0.1, 0.15) is 18.5 Å². The molecule has 1 fully saturated rings. The van der Waals surface area contributed by atoms with Gasteiger partial charge in [0.25, 0.3) is 5.91 Å². The van der Waals surface area contributed by atoms with Crippen molar-refractivity contribution >= 4 is 11.8 Å². The van der Waals surface area contributed by atoms with Crippen LogP contribution in [-0.4, -0.2) is 73.2 Å². The third-order valence-corrected chi connectivity index (χ3v) is 5.45. The summed E-state index contributed by atoms with van der Waals surface area (Å²) in [5.41, 5.74) is 1.23. The second kappa shape index (κ2) is 10.9. The molecule has 166 valence electrons. The Morgan fingerprint density at radius 1 is 1.10 bits per heavy atom. The molecule has 1 atom stereocenters. The van der Waals surface area contributed by atoms with Gasteiger partial charge in [0.05, 0.1) is 18.2 Å². The molecule has 0 saturated carbocycles. The van der Waals surface area contributed by atoms with Gasteiger partial charge in [-0.1, -0.05) is 42.5 Å². The van der Waals surface area contributed by atoms with Gasteiger partial charge in [-0.05, 0) is 17.7 Å². The van der Waals surface area contributed by atoms with Crippen molar-refractivity contribution in [3.8, 4) is 5.75 Å². The number of likely N-dealkylation sites (tertiary alicyclic amines) is 1. The standard InChI is InChI=1S/C24H30N2O5/c1-25(16-21(27)18-8-4-3-5-9-18)24(29)20-10-6-7-11-22(20)31-19-12-14-26(15-13-19)23(28)17-30-2/h3-11,19,21,27H,12-17H2,1-2H3/t21-/m0/s1. The van der Waals surface area contributed by atoms with Crippen LogP contribution >= 0.6 is 0 Å². The van der Waals surface area contributed by atoms with Gasteiger partial charge in [-0.25, -0.2) is 0 Å². The lowest BCUT2D eigenvalue weighted by atomic mass is 10.1. The zero-order valence-corrected chi connectivity index (χ0v) is 18.1. The third kappa shape index (κ3) is 6.06. The smallest absolute Gasteiger partial charge is 0.257 e. The minimum Gasteiger partial charge on any atom is -0.489 e. The number of rotatable bonds is 8. The van der Waals surface area contributed by atoms with Crippen molar-refractivity contribution in [2.45, 2.75) is 25.0 Å². The number of nitrogens with zero attached hydrogens (tertiary/aromatic N) is 2. The van der Waals surface area contributed by atoms with E-state index >= 15 is 0 Å². The number of hydrogen-bond acceptors (Lipinski definition) is 5. The quantitative estimate of drug-likeness (QED) is 0.702. The van der Waals surface area contributed by atoms with Crippen LogP contribution in [0, 0.1) is 0 Å². The fourth-order valence-corrected chi connectivity index (χ4v) is 3.69. The van der Waals surface area contributed by atoms with Crippen molar-refractivity contribution in [3.05, 3.63) is 65.7 Å². The summed E-state index contributed by atoms with van der Waals surface area (Å²) in [6.45, 7) is 1.47. The Kier molecular flexibility index (Phi) is 8.03. The van der Waals surface area contributed by atoms with E-state index in [1.165, 1.54) is 12.0 Å². The zero-order chi connectivity index (χ0) is 22.2. The maximum Gasteiger partial charge on any atom is 0.257 e.